The van der Waals surface area contributed by atoms with Crippen molar-refractivity contribution in [2.75, 3.05) is 26.4 Å². The number of esters is 2. The number of hydrogen-bond donors (Lipinski definition) is 2. The van der Waals surface area contributed by atoms with E-state index in [9.17, 15) is 19.0 Å². The lowest BCUT2D eigenvalue weighted by Gasteiger charge is -2.19. The zero-order chi connectivity index (χ0) is 43.9. The van der Waals surface area contributed by atoms with Crippen molar-refractivity contribution in [3.63, 3.8) is 0 Å². The summed E-state index contributed by atoms with van der Waals surface area (Å²) in [6.07, 6.45) is 60.0. The van der Waals surface area contributed by atoms with Crippen molar-refractivity contribution < 1.29 is 37.6 Å². The molecule has 0 aromatic rings. The molecule has 9 nitrogen and oxygen atoms in total. The van der Waals surface area contributed by atoms with Crippen LogP contribution in [-0.2, 0) is 32.7 Å². The molecule has 2 unspecified atom stereocenters. The van der Waals surface area contributed by atoms with Crippen LogP contribution in [-0.4, -0.2) is 49.3 Å². The van der Waals surface area contributed by atoms with Gasteiger partial charge in [-0.1, -0.05) is 181 Å². The lowest BCUT2D eigenvalue weighted by atomic mass is 10.1. The molecule has 0 aliphatic heterocycles. The molecule has 60 heavy (non-hydrogen) atoms. The Bertz CT molecular complexity index is 1340. The minimum atomic E-state index is -4.40. The Morgan fingerprint density at radius 3 is 1.35 bits per heavy atom. The van der Waals surface area contributed by atoms with Crippen LogP contribution in [0.2, 0.25) is 0 Å². The highest BCUT2D eigenvalue weighted by atomic mass is 31.2. The Kier molecular flexibility index (Phi) is 42.7. The molecule has 0 aromatic heterocycles. The molecule has 0 heterocycles. The van der Waals surface area contributed by atoms with E-state index in [1.165, 1.54) is 44.9 Å². The number of allylic oxidation sites excluding steroid dienone is 18. The van der Waals surface area contributed by atoms with Crippen LogP contribution >= 0.6 is 7.82 Å². The van der Waals surface area contributed by atoms with Gasteiger partial charge in [0.2, 0.25) is 0 Å². The highest BCUT2D eigenvalue weighted by Crippen LogP contribution is 2.43. The number of phosphoric acid groups is 1. The van der Waals surface area contributed by atoms with Crippen molar-refractivity contribution >= 4 is 19.8 Å². The third-order valence-corrected chi connectivity index (χ3v) is 9.91. The molecular weight excluding hydrogens is 774 g/mol. The largest absolute Gasteiger partial charge is 0.472 e. The summed E-state index contributed by atoms with van der Waals surface area (Å²) in [6, 6.07) is 0. The van der Waals surface area contributed by atoms with Crippen molar-refractivity contribution in [1.29, 1.82) is 0 Å². The summed E-state index contributed by atoms with van der Waals surface area (Å²) < 4.78 is 32.7. The van der Waals surface area contributed by atoms with E-state index in [-0.39, 0.29) is 32.6 Å². The fraction of sp³-hybridized carbons (Fsp3) is 0.600. The van der Waals surface area contributed by atoms with Gasteiger partial charge in [0.15, 0.2) is 6.10 Å². The summed E-state index contributed by atoms with van der Waals surface area (Å²) in [6.45, 7) is 3.51. The molecule has 0 amide bonds. The highest BCUT2D eigenvalue weighted by molar-refractivity contribution is 7.47. The Morgan fingerprint density at radius 1 is 0.517 bits per heavy atom. The van der Waals surface area contributed by atoms with E-state index in [1.54, 1.807) is 0 Å². The van der Waals surface area contributed by atoms with E-state index in [4.69, 9.17) is 24.3 Å². The Balaban J connectivity index is 4.21. The Labute approximate surface area is 365 Å². The second kappa shape index (κ2) is 45.2. The molecule has 0 aliphatic carbocycles. The standard InChI is InChI=1S/C50H82NO8P/c1-3-5-7-9-11-13-15-16-17-18-19-20-21-22-23-24-25-26-27-28-29-30-31-32-33-35-37-39-41-43-50(53)59-48(47-58-60(54,55)57-45-44-51)46-56-49(52)42-40-38-36-34-14-12-10-8-6-4-2/h5,7,11,13,16-17,19-20,22-23,25-26,28-29,31-32,35,37,48H,3-4,6,8-10,12,14-15,18,21,24,27,30,33-34,36,38-47,51H2,1-2H3,(H,54,55)/b7-5-,13-11-,17-16-,20-19-,23-22-,26-25-,29-28-,32-31-,37-35-. The lowest BCUT2D eigenvalue weighted by Crippen LogP contribution is -2.29. The monoisotopic (exact) mass is 856 g/mol. The first-order chi connectivity index (χ1) is 29.3. The highest BCUT2D eigenvalue weighted by Gasteiger charge is 2.25. The quantitative estimate of drug-likeness (QED) is 0.0267. The van der Waals surface area contributed by atoms with Crippen molar-refractivity contribution in [1.82, 2.24) is 0 Å². The van der Waals surface area contributed by atoms with Gasteiger partial charge in [0, 0.05) is 19.4 Å². The molecule has 340 valence electrons. The topological polar surface area (TPSA) is 134 Å². The fourth-order valence-corrected chi connectivity index (χ4v) is 6.34. The molecule has 3 N–H and O–H groups in total. The number of nitrogens with two attached hydrogens (primary N) is 1. The summed E-state index contributed by atoms with van der Waals surface area (Å²) in [5.41, 5.74) is 5.34. The van der Waals surface area contributed by atoms with Crippen molar-refractivity contribution in [3.05, 3.63) is 109 Å². The van der Waals surface area contributed by atoms with Crippen LogP contribution in [0.3, 0.4) is 0 Å². The van der Waals surface area contributed by atoms with Crippen LogP contribution in [0, 0.1) is 0 Å². The van der Waals surface area contributed by atoms with Gasteiger partial charge in [0.25, 0.3) is 0 Å². The van der Waals surface area contributed by atoms with Crippen LogP contribution in [0.5, 0.6) is 0 Å². The predicted molar refractivity (Wildman–Crippen MR) is 251 cm³/mol. The van der Waals surface area contributed by atoms with E-state index in [2.05, 4.69) is 117 Å². The number of carbonyl (C=O) groups excluding carboxylic acids is 2. The molecule has 0 spiro atoms. The summed E-state index contributed by atoms with van der Waals surface area (Å²) in [5.74, 6) is -0.910. The Hall–Kier alpha value is -3.33. The van der Waals surface area contributed by atoms with Gasteiger partial charge in [0.1, 0.15) is 6.61 Å². The minimum absolute atomic E-state index is 0.0390. The number of carbonyl (C=O) groups is 2. The van der Waals surface area contributed by atoms with Crippen LogP contribution in [0.25, 0.3) is 0 Å². The number of rotatable bonds is 41. The number of ether oxygens (including phenoxy) is 2. The molecule has 2 atom stereocenters. The van der Waals surface area contributed by atoms with E-state index < -0.39 is 32.5 Å². The van der Waals surface area contributed by atoms with Crippen LogP contribution in [0.1, 0.15) is 162 Å². The van der Waals surface area contributed by atoms with Crippen LogP contribution in [0.15, 0.2) is 109 Å². The molecule has 10 heteroatoms. The van der Waals surface area contributed by atoms with Gasteiger partial charge in [-0.2, -0.15) is 0 Å². The van der Waals surface area contributed by atoms with Gasteiger partial charge >= 0.3 is 19.8 Å². The van der Waals surface area contributed by atoms with Gasteiger partial charge < -0.3 is 20.1 Å². The van der Waals surface area contributed by atoms with Crippen LogP contribution < -0.4 is 5.73 Å². The zero-order valence-corrected chi connectivity index (χ0v) is 38.3. The molecular formula is C50H82NO8P. The maximum absolute atomic E-state index is 12.6. The predicted octanol–water partition coefficient (Wildman–Crippen LogP) is 13.6. The van der Waals surface area contributed by atoms with Crippen LogP contribution in [0.4, 0.5) is 0 Å². The lowest BCUT2D eigenvalue weighted by molar-refractivity contribution is -0.161. The molecule has 0 saturated carbocycles. The first-order valence-corrected chi connectivity index (χ1v) is 24.4. The number of unbranched alkanes of at least 4 members (excludes halogenated alkanes) is 10. The third-order valence-electron chi connectivity index (χ3n) is 8.92. The average molecular weight is 856 g/mol. The van der Waals surface area contributed by atoms with E-state index >= 15 is 0 Å². The van der Waals surface area contributed by atoms with Crippen molar-refractivity contribution in [2.45, 2.75) is 168 Å². The molecule has 0 radical (unpaired) electrons. The van der Waals surface area contributed by atoms with E-state index in [0.717, 1.165) is 77.0 Å². The maximum atomic E-state index is 12.6. The van der Waals surface area contributed by atoms with E-state index in [1.807, 2.05) is 6.08 Å². The zero-order valence-electron chi connectivity index (χ0n) is 37.4. The average Bonchev–Trinajstić information content (AvgIpc) is 3.24. The van der Waals surface area contributed by atoms with Gasteiger partial charge in [-0.3, -0.25) is 18.6 Å². The van der Waals surface area contributed by atoms with Crippen molar-refractivity contribution in [3.8, 4) is 0 Å². The summed E-state index contributed by atoms with van der Waals surface area (Å²) in [7, 11) is -4.40. The second-order valence-electron chi connectivity index (χ2n) is 14.5. The Morgan fingerprint density at radius 2 is 0.917 bits per heavy atom. The first-order valence-electron chi connectivity index (χ1n) is 22.9. The van der Waals surface area contributed by atoms with Gasteiger partial charge in [-0.15, -0.1) is 0 Å². The summed E-state index contributed by atoms with van der Waals surface area (Å²) in [5, 5.41) is 0. The second-order valence-corrected chi connectivity index (χ2v) is 16.0. The van der Waals surface area contributed by atoms with E-state index in [0.29, 0.717) is 12.8 Å². The van der Waals surface area contributed by atoms with Gasteiger partial charge in [-0.25, -0.2) is 4.57 Å². The van der Waals surface area contributed by atoms with Crippen molar-refractivity contribution in [2.24, 2.45) is 5.73 Å². The summed E-state index contributed by atoms with van der Waals surface area (Å²) in [4.78, 5) is 34.8. The summed E-state index contributed by atoms with van der Waals surface area (Å²) >= 11 is 0. The molecule has 0 bridgehead atoms. The minimum Gasteiger partial charge on any atom is -0.462 e. The third kappa shape index (κ3) is 44.2. The smallest absolute Gasteiger partial charge is 0.462 e. The SMILES string of the molecule is CC/C=C\C/C=C\C/C=C\C/C=C\C/C=C\C/C=C\C/C=C\C/C=C\C/C=C\CCCC(=O)OC(COC(=O)CCCCCCCCCCCC)COP(=O)(O)OCCN. The molecule has 0 saturated heterocycles. The molecule has 0 rings (SSSR count). The van der Waals surface area contributed by atoms with Gasteiger partial charge in [-0.05, 0) is 77.0 Å². The number of hydrogen-bond acceptors (Lipinski definition) is 8. The number of phosphoric ester groups is 1. The first kappa shape index (κ1) is 56.7. The van der Waals surface area contributed by atoms with Gasteiger partial charge in [0.05, 0.1) is 13.2 Å². The normalized spacial score (nSPS) is 14.3. The fourth-order valence-electron chi connectivity index (χ4n) is 5.58. The maximum Gasteiger partial charge on any atom is 0.472 e. The molecule has 0 aromatic carbocycles. The molecule has 0 fully saturated rings. The molecule has 0 aliphatic rings.